The van der Waals surface area contributed by atoms with E-state index in [0.717, 1.165) is 19.3 Å². The number of hydrogen-bond acceptors (Lipinski definition) is 4. The third-order valence-electron chi connectivity index (χ3n) is 3.34. The molecule has 1 heterocycles. The number of nitrogens with one attached hydrogen (secondary N) is 1. The zero-order chi connectivity index (χ0) is 13.8. The van der Waals surface area contributed by atoms with Crippen molar-refractivity contribution >= 4 is 27.3 Å². The summed E-state index contributed by atoms with van der Waals surface area (Å²) >= 11 is 3.26. The van der Waals surface area contributed by atoms with Crippen molar-refractivity contribution in [3.63, 3.8) is 0 Å². The normalized spacial score (nSPS) is 23.1. The van der Waals surface area contributed by atoms with E-state index in [1.165, 1.54) is 6.07 Å². The van der Waals surface area contributed by atoms with Crippen molar-refractivity contribution in [3.05, 3.63) is 32.8 Å². The molecule has 0 amide bonds. The summed E-state index contributed by atoms with van der Waals surface area (Å²) in [6, 6.07) is 5.32. The van der Waals surface area contributed by atoms with Crippen LogP contribution >= 0.6 is 15.9 Å². The second-order valence-corrected chi connectivity index (χ2v) is 5.60. The summed E-state index contributed by atoms with van der Waals surface area (Å²) in [5, 5.41) is 14.3. The average Bonchev–Trinajstić information content (AvgIpc) is 2.41. The van der Waals surface area contributed by atoms with Crippen molar-refractivity contribution < 1.29 is 9.66 Å². The van der Waals surface area contributed by atoms with Crippen LogP contribution in [0.5, 0.6) is 0 Å². The first-order valence-corrected chi connectivity index (χ1v) is 7.21. The highest BCUT2D eigenvalue weighted by atomic mass is 79.9. The molecule has 0 spiro atoms. The maximum Gasteiger partial charge on any atom is 0.293 e. The third-order valence-corrected chi connectivity index (χ3v) is 3.83. The zero-order valence-corrected chi connectivity index (χ0v) is 12.4. The summed E-state index contributed by atoms with van der Waals surface area (Å²) in [5.74, 6) is 0. The fraction of sp³-hybridized carbons (Fsp3) is 0.538. The molecule has 6 heteroatoms. The van der Waals surface area contributed by atoms with Gasteiger partial charge in [0.15, 0.2) is 0 Å². The molecule has 5 nitrogen and oxygen atoms in total. The Kier molecular flexibility index (Phi) is 4.76. The van der Waals surface area contributed by atoms with Gasteiger partial charge in [-0.1, -0.05) is 22.9 Å². The van der Waals surface area contributed by atoms with Crippen molar-refractivity contribution in [3.8, 4) is 0 Å². The Morgan fingerprint density at radius 2 is 2.37 bits per heavy atom. The number of anilines is 1. The van der Waals surface area contributed by atoms with E-state index < -0.39 is 0 Å². The van der Waals surface area contributed by atoms with Gasteiger partial charge in [-0.25, -0.2) is 0 Å². The van der Waals surface area contributed by atoms with Gasteiger partial charge < -0.3 is 10.1 Å². The summed E-state index contributed by atoms with van der Waals surface area (Å²) in [5.41, 5.74) is 0.684. The van der Waals surface area contributed by atoms with Crippen LogP contribution in [-0.4, -0.2) is 23.7 Å². The third kappa shape index (κ3) is 3.67. The van der Waals surface area contributed by atoms with Gasteiger partial charge >= 0.3 is 0 Å². The van der Waals surface area contributed by atoms with Crippen LogP contribution in [0.25, 0.3) is 0 Å². The zero-order valence-electron chi connectivity index (χ0n) is 10.8. The van der Waals surface area contributed by atoms with E-state index in [9.17, 15) is 10.1 Å². The SMILES string of the molecule is CCC1CC(Nc2ccc(Br)cc2[N+](=O)[O-])CCO1. The summed E-state index contributed by atoms with van der Waals surface area (Å²) in [7, 11) is 0. The molecule has 2 rings (SSSR count). The highest BCUT2D eigenvalue weighted by Crippen LogP contribution is 2.30. The maximum absolute atomic E-state index is 11.1. The fourth-order valence-corrected chi connectivity index (χ4v) is 2.64. The largest absolute Gasteiger partial charge is 0.378 e. The molecule has 1 aliphatic rings. The molecular formula is C13H17BrN2O3. The Morgan fingerprint density at radius 1 is 1.58 bits per heavy atom. The molecule has 0 aliphatic carbocycles. The fourth-order valence-electron chi connectivity index (χ4n) is 2.29. The van der Waals surface area contributed by atoms with Crippen molar-refractivity contribution in [2.75, 3.05) is 11.9 Å². The monoisotopic (exact) mass is 328 g/mol. The molecule has 1 saturated heterocycles. The van der Waals surface area contributed by atoms with E-state index in [1.807, 2.05) is 6.07 Å². The van der Waals surface area contributed by atoms with Gasteiger partial charge in [-0.05, 0) is 31.4 Å². The number of rotatable bonds is 4. The molecule has 2 atom stereocenters. The van der Waals surface area contributed by atoms with Crippen LogP contribution in [0.3, 0.4) is 0 Å². The van der Waals surface area contributed by atoms with E-state index in [1.54, 1.807) is 6.07 Å². The first kappa shape index (κ1) is 14.3. The molecule has 19 heavy (non-hydrogen) atoms. The second-order valence-electron chi connectivity index (χ2n) is 4.69. The van der Waals surface area contributed by atoms with Crippen LogP contribution in [0.2, 0.25) is 0 Å². The molecule has 1 aromatic rings. The van der Waals surface area contributed by atoms with Gasteiger partial charge in [0.25, 0.3) is 5.69 Å². The topological polar surface area (TPSA) is 64.4 Å². The molecule has 1 N–H and O–H groups in total. The first-order valence-electron chi connectivity index (χ1n) is 6.42. The Morgan fingerprint density at radius 3 is 3.05 bits per heavy atom. The molecular weight excluding hydrogens is 312 g/mol. The van der Waals surface area contributed by atoms with E-state index in [-0.39, 0.29) is 22.8 Å². The molecule has 0 bridgehead atoms. The summed E-state index contributed by atoms with van der Waals surface area (Å²) in [6.07, 6.45) is 2.99. The molecule has 104 valence electrons. The van der Waals surface area contributed by atoms with E-state index in [0.29, 0.717) is 16.8 Å². The summed E-state index contributed by atoms with van der Waals surface area (Å²) in [4.78, 5) is 10.7. The van der Waals surface area contributed by atoms with Crippen molar-refractivity contribution in [2.45, 2.75) is 38.3 Å². The lowest BCUT2D eigenvalue weighted by Gasteiger charge is -2.30. The van der Waals surface area contributed by atoms with Gasteiger partial charge in [0.1, 0.15) is 5.69 Å². The lowest BCUT2D eigenvalue weighted by molar-refractivity contribution is -0.384. The van der Waals surface area contributed by atoms with E-state index in [4.69, 9.17) is 4.74 Å². The van der Waals surface area contributed by atoms with Gasteiger partial charge in [-0.15, -0.1) is 0 Å². The van der Waals surface area contributed by atoms with Crippen LogP contribution < -0.4 is 5.32 Å². The molecule has 1 aromatic carbocycles. The predicted octanol–water partition coefficient (Wildman–Crippen LogP) is 3.73. The molecule has 0 saturated carbocycles. The minimum Gasteiger partial charge on any atom is -0.378 e. The first-order chi connectivity index (χ1) is 9.10. The van der Waals surface area contributed by atoms with Crippen LogP contribution in [0.1, 0.15) is 26.2 Å². The average molecular weight is 329 g/mol. The van der Waals surface area contributed by atoms with E-state index >= 15 is 0 Å². The predicted molar refractivity (Wildman–Crippen MR) is 77.5 cm³/mol. The van der Waals surface area contributed by atoms with Crippen LogP contribution in [0.15, 0.2) is 22.7 Å². The number of nitrogens with zero attached hydrogens (tertiary/aromatic N) is 1. The molecule has 0 radical (unpaired) electrons. The van der Waals surface area contributed by atoms with Gasteiger partial charge in [0.2, 0.25) is 0 Å². The number of ether oxygens (including phenoxy) is 1. The van der Waals surface area contributed by atoms with Gasteiger partial charge in [-0.3, -0.25) is 10.1 Å². The number of benzene rings is 1. The number of halogens is 1. The molecule has 0 aromatic heterocycles. The van der Waals surface area contributed by atoms with Gasteiger partial charge in [0.05, 0.1) is 11.0 Å². The summed E-state index contributed by atoms with van der Waals surface area (Å²) in [6.45, 7) is 2.80. The van der Waals surface area contributed by atoms with E-state index in [2.05, 4.69) is 28.2 Å². The number of nitro groups is 1. The highest BCUT2D eigenvalue weighted by Gasteiger charge is 2.23. The quantitative estimate of drug-likeness (QED) is 0.675. The van der Waals surface area contributed by atoms with Crippen LogP contribution in [0.4, 0.5) is 11.4 Å². The lowest BCUT2D eigenvalue weighted by Crippen LogP contribution is -2.33. The van der Waals surface area contributed by atoms with Crippen LogP contribution in [0, 0.1) is 10.1 Å². The van der Waals surface area contributed by atoms with Gasteiger partial charge in [0, 0.05) is 23.2 Å². The standard InChI is InChI=1S/C13H17BrN2O3/c1-2-11-8-10(5-6-19-11)15-12-4-3-9(14)7-13(12)16(17)18/h3-4,7,10-11,15H,2,5-6,8H2,1H3. The van der Waals surface area contributed by atoms with Crippen molar-refractivity contribution in [2.24, 2.45) is 0 Å². The Bertz CT molecular complexity index is 467. The Balaban J connectivity index is 2.12. The summed E-state index contributed by atoms with van der Waals surface area (Å²) < 4.78 is 6.32. The second kappa shape index (κ2) is 6.34. The Labute approximate surface area is 120 Å². The highest BCUT2D eigenvalue weighted by molar-refractivity contribution is 9.10. The smallest absolute Gasteiger partial charge is 0.293 e. The maximum atomic E-state index is 11.1. The molecule has 1 fully saturated rings. The lowest BCUT2D eigenvalue weighted by atomic mass is 10.0. The minimum atomic E-state index is -0.357. The molecule has 1 aliphatic heterocycles. The van der Waals surface area contributed by atoms with Crippen molar-refractivity contribution in [1.82, 2.24) is 0 Å². The van der Waals surface area contributed by atoms with Crippen LogP contribution in [-0.2, 0) is 4.74 Å². The Hall–Kier alpha value is -1.14. The van der Waals surface area contributed by atoms with Crippen molar-refractivity contribution in [1.29, 1.82) is 0 Å². The minimum absolute atomic E-state index is 0.105. The number of hydrogen-bond donors (Lipinski definition) is 1. The molecule has 2 unspecified atom stereocenters. The van der Waals surface area contributed by atoms with Gasteiger partial charge in [-0.2, -0.15) is 0 Å². The number of nitro benzene ring substituents is 1.